The molecule has 1 aliphatic rings. The lowest BCUT2D eigenvalue weighted by Gasteiger charge is -2.21. The minimum absolute atomic E-state index is 0.118. The number of fused-ring (bicyclic) bond motifs is 2. The van der Waals surface area contributed by atoms with Crippen LogP contribution in [0.15, 0.2) is 76.4 Å². The summed E-state index contributed by atoms with van der Waals surface area (Å²) >= 11 is 1.04. The molecule has 0 saturated heterocycles. The molecular weight excluding hydrogens is 460 g/mol. The Labute approximate surface area is 195 Å². The van der Waals surface area contributed by atoms with E-state index in [-0.39, 0.29) is 9.77 Å². The highest BCUT2D eigenvalue weighted by molar-refractivity contribution is 7.89. The number of nitrogens with zero attached hydrogens (tertiary/aromatic N) is 1. The summed E-state index contributed by atoms with van der Waals surface area (Å²) in [7, 11) is -3.81. The van der Waals surface area contributed by atoms with Gasteiger partial charge in [-0.3, -0.25) is 9.36 Å². The van der Waals surface area contributed by atoms with Crippen LogP contribution in [0.1, 0.15) is 24.1 Å². The van der Waals surface area contributed by atoms with Gasteiger partial charge in [0, 0.05) is 6.04 Å². The quantitative estimate of drug-likeness (QED) is 0.450. The third kappa shape index (κ3) is 4.39. The zero-order valence-corrected chi connectivity index (χ0v) is 19.5. The fourth-order valence-corrected chi connectivity index (χ4v) is 6.09. The minimum Gasteiger partial charge on any atom is -0.486 e. The second-order valence-electron chi connectivity index (χ2n) is 7.82. The summed E-state index contributed by atoms with van der Waals surface area (Å²) in [6.45, 7) is 3.17. The van der Waals surface area contributed by atoms with E-state index in [9.17, 15) is 13.2 Å². The maximum absolute atomic E-state index is 13.1. The second kappa shape index (κ2) is 8.66. The molecule has 1 N–H and O–H groups in total. The van der Waals surface area contributed by atoms with Crippen molar-refractivity contribution in [2.45, 2.75) is 24.4 Å². The van der Waals surface area contributed by atoms with Crippen LogP contribution in [0.25, 0.3) is 10.2 Å². The van der Waals surface area contributed by atoms with Gasteiger partial charge in [0.25, 0.3) is 0 Å². The van der Waals surface area contributed by atoms with Gasteiger partial charge in [0.15, 0.2) is 11.5 Å². The van der Waals surface area contributed by atoms with Crippen LogP contribution in [0.2, 0.25) is 0 Å². The Morgan fingerprint density at radius 1 is 1.00 bits per heavy atom. The summed E-state index contributed by atoms with van der Waals surface area (Å²) < 4.78 is 42.3. The van der Waals surface area contributed by atoms with Gasteiger partial charge in [-0.1, -0.05) is 47.7 Å². The third-order valence-corrected chi connectivity index (χ3v) is 8.01. The summed E-state index contributed by atoms with van der Waals surface area (Å²) in [6.07, 6.45) is 0. The zero-order valence-electron chi connectivity index (χ0n) is 17.9. The van der Waals surface area contributed by atoms with E-state index in [0.29, 0.717) is 41.5 Å². The molecule has 170 valence electrons. The Hall–Kier alpha value is -3.14. The molecule has 2 heterocycles. The molecule has 4 aromatic rings. The molecule has 9 heteroatoms. The van der Waals surface area contributed by atoms with E-state index in [4.69, 9.17) is 9.47 Å². The lowest BCUT2D eigenvalue weighted by Crippen LogP contribution is -2.27. The molecule has 0 aliphatic carbocycles. The van der Waals surface area contributed by atoms with Gasteiger partial charge < -0.3 is 9.47 Å². The van der Waals surface area contributed by atoms with Crippen molar-refractivity contribution in [2.75, 3.05) is 13.2 Å². The van der Waals surface area contributed by atoms with Crippen LogP contribution in [0.4, 0.5) is 0 Å². The van der Waals surface area contributed by atoms with Crippen LogP contribution in [0.5, 0.6) is 11.5 Å². The largest absolute Gasteiger partial charge is 0.486 e. The van der Waals surface area contributed by atoms with Gasteiger partial charge in [0.1, 0.15) is 13.2 Å². The van der Waals surface area contributed by atoms with Crippen molar-refractivity contribution >= 4 is 31.6 Å². The van der Waals surface area contributed by atoms with Crippen molar-refractivity contribution in [1.29, 1.82) is 0 Å². The van der Waals surface area contributed by atoms with Crippen molar-refractivity contribution in [2.24, 2.45) is 0 Å². The highest BCUT2D eigenvalue weighted by Crippen LogP contribution is 2.33. The van der Waals surface area contributed by atoms with Gasteiger partial charge in [0.05, 0.1) is 21.7 Å². The summed E-state index contributed by atoms with van der Waals surface area (Å²) in [5.74, 6) is 1.26. The number of sulfonamides is 1. The topological polar surface area (TPSA) is 86.6 Å². The highest BCUT2D eigenvalue weighted by atomic mass is 32.2. The van der Waals surface area contributed by atoms with E-state index in [0.717, 1.165) is 22.5 Å². The maximum atomic E-state index is 13.1. The van der Waals surface area contributed by atoms with Crippen LogP contribution in [0.3, 0.4) is 0 Å². The van der Waals surface area contributed by atoms with Crippen molar-refractivity contribution in [1.82, 2.24) is 9.29 Å². The van der Waals surface area contributed by atoms with Crippen molar-refractivity contribution in [3.8, 4) is 11.5 Å². The average molecular weight is 483 g/mol. The predicted octanol–water partition coefficient (Wildman–Crippen LogP) is 3.92. The Balaban J connectivity index is 1.40. The number of benzene rings is 3. The maximum Gasteiger partial charge on any atom is 0.308 e. The van der Waals surface area contributed by atoms with E-state index in [1.54, 1.807) is 35.8 Å². The van der Waals surface area contributed by atoms with Crippen LogP contribution >= 0.6 is 11.3 Å². The van der Waals surface area contributed by atoms with Gasteiger partial charge in [0.2, 0.25) is 10.0 Å². The normalized spacial score (nSPS) is 14.3. The first-order valence-corrected chi connectivity index (χ1v) is 12.8. The predicted molar refractivity (Wildman–Crippen MR) is 128 cm³/mol. The van der Waals surface area contributed by atoms with E-state index < -0.39 is 16.1 Å². The fourth-order valence-electron chi connectivity index (χ4n) is 3.83. The number of hydrogen-bond acceptors (Lipinski definition) is 6. The van der Waals surface area contributed by atoms with Crippen molar-refractivity contribution < 1.29 is 17.9 Å². The highest BCUT2D eigenvalue weighted by Gasteiger charge is 2.22. The van der Waals surface area contributed by atoms with Crippen molar-refractivity contribution in [3.63, 3.8) is 0 Å². The van der Waals surface area contributed by atoms with E-state index >= 15 is 0 Å². The molecule has 0 radical (unpaired) electrons. The van der Waals surface area contributed by atoms with Gasteiger partial charge in [-0.15, -0.1) is 0 Å². The minimum atomic E-state index is -3.81. The molecule has 1 atom stereocenters. The van der Waals surface area contributed by atoms with Gasteiger partial charge >= 0.3 is 4.87 Å². The Morgan fingerprint density at radius 2 is 1.76 bits per heavy atom. The summed E-state index contributed by atoms with van der Waals surface area (Å²) in [5, 5.41) is 0. The average Bonchev–Trinajstić information content (AvgIpc) is 3.13. The molecule has 1 aromatic heterocycles. The molecule has 0 amide bonds. The number of rotatable bonds is 6. The number of hydrogen-bond donors (Lipinski definition) is 1. The van der Waals surface area contributed by atoms with Crippen LogP contribution in [0, 0.1) is 0 Å². The molecule has 0 unspecified atom stereocenters. The molecule has 0 fully saturated rings. The summed E-state index contributed by atoms with van der Waals surface area (Å²) in [6, 6.07) is 19.4. The van der Waals surface area contributed by atoms with E-state index in [2.05, 4.69) is 4.72 Å². The molecule has 1 aliphatic heterocycles. The van der Waals surface area contributed by atoms with Gasteiger partial charge in [-0.2, -0.15) is 0 Å². The lowest BCUT2D eigenvalue weighted by molar-refractivity contribution is 0.171. The van der Waals surface area contributed by atoms with E-state index in [1.165, 1.54) is 6.07 Å². The number of aromatic nitrogens is 1. The Morgan fingerprint density at radius 3 is 2.55 bits per heavy atom. The Kier molecular flexibility index (Phi) is 5.69. The van der Waals surface area contributed by atoms with Gasteiger partial charge in [-0.05, 0) is 48.4 Å². The lowest BCUT2D eigenvalue weighted by atomic mass is 10.1. The number of thiazole rings is 1. The molecular formula is C24H22N2O5S2. The molecule has 33 heavy (non-hydrogen) atoms. The summed E-state index contributed by atoms with van der Waals surface area (Å²) in [4.78, 5) is 12.6. The second-order valence-corrected chi connectivity index (χ2v) is 10.5. The molecule has 0 spiro atoms. The SMILES string of the molecule is C[C@@H](NS(=O)(=O)c1ccc2c(c1)sc(=O)n2Cc1ccccc1)c1ccc2c(c1)OCCO2. The third-order valence-electron chi connectivity index (χ3n) is 5.53. The van der Waals surface area contributed by atoms with Crippen LogP contribution in [-0.2, 0) is 16.6 Å². The molecule has 3 aromatic carbocycles. The standard InChI is InChI=1S/C24H22N2O5S2/c1-16(18-7-10-21-22(13-18)31-12-11-30-21)25-33(28,29)19-8-9-20-23(14-19)32-24(27)26(20)15-17-5-3-2-4-6-17/h2-10,13-14,16,25H,11-12,15H2,1H3/t16-/m1/s1. The molecule has 7 nitrogen and oxygen atoms in total. The van der Waals surface area contributed by atoms with Crippen LogP contribution < -0.4 is 19.1 Å². The monoisotopic (exact) mass is 482 g/mol. The smallest absolute Gasteiger partial charge is 0.308 e. The first kappa shape index (κ1) is 21.7. The summed E-state index contributed by atoms with van der Waals surface area (Å²) in [5.41, 5.74) is 2.49. The zero-order chi connectivity index (χ0) is 23.0. The first-order chi connectivity index (χ1) is 15.9. The fraction of sp³-hybridized carbons (Fsp3) is 0.208. The van der Waals surface area contributed by atoms with Crippen LogP contribution in [-0.4, -0.2) is 26.2 Å². The van der Waals surface area contributed by atoms with Crippen molar-refractivity contribution in [3.05, 3.63) is 87.5 Å². The van der Waals surface area contributed by atoms with Gasteiger partial charge in [-0.25, -0.2) is 13.1 Å². The Bertz CT molecular complexity index is 1480. The van der Waals surface area contributed by atoms with E-state index in [1.807, 2.05) is 36.4 Å². The number of ether oxygens (including phenoxy) is 2. The molecule has 0 saturated carbocycles. The molecule has 5 rings (SSSR count). The molecule has 0 bridgehead atoms. The number of nitrogens with one attached hydrogen (secondary N) is 1. The first-order valence-electron chi connectivity index (χ1n) is 10.5.